The minimum absolute atomic E-state index is 0.0388. The molecule has 1 rings (SSSR count). The summed E-state index contributed by atoms with van der Waals surface area (Å²) in [6.45, 7) is 4.30. The first-order chi connectivity index (χ1) is 7.00. The molecule has 0 saturated carbocycles. The monoisotopic (exact) mass is 272 g/mol. The molecule has 0 aliphatic heterocycles. The summed E-state index contributed by atoms with van der Waals surface area (Å²) in [5.41, 5.74) is 1.18. The number of pyridine rings is 1. The van der Waals surface area contributed by atoms with Gasteiger partial charge in [0.1, 0.15) is 5.75 Å². The van der Waals surface area contributed by atoms with Gasteiger partial charge < -0.3 is 10.1 Å². The van der Waals surface area contributed by atoms with Crippen molar-refractivity contribution in [2.24, 2.45) is 0 Å². The van der Waals surface area contributed by atoms with Crippen LogP contribution in [0.4, 0.5) is 0 Å². The Bertz CT molecular complexity index is 339. The van der Waals surface area contributed by atoms with Gasteiger partial charge in [-0.15, -0.1) is 0 Å². The Labute approximate surface area is 99.4 Å². The maximum atomic E-state index is 5.30. The van der Waals surface area contributed by atoms with Crippen LogP contribution in [-0.2, 0) is 6.42 Å². The molecule has 1 N–H and O–H groups in total. The molecule has 0 radical (unpaired) electrons. The minimum atomic E-state index is 0.0388. The molecule has 0 unspecified atom stereocenters. The highest BCUT2D eigenvalue weighted by Crippen LogP contribution is 2.28. The Hall–Kier alpha value is -0.610. The van der Waals surface area contributed by atoms with Crippen LogP contribution in [-0.4, -0.2) is 24.7 Å². The van der Waals surface area contributed by atoms with Gasteiger partial charge in [-0.3, -0.25) is 4.98 Å². The summed E-state index contributed by atoms with van der Waals surface area (Å²) in [6.07, 6.45) is 4.42. The van der Waals surface area contributed by atoms with E-state index in [4.69, 9.17) is 4.74 Å². The Balaban J connectivity index is 3.02. The molecular formula is C11H17BrN2O. The predicted molar refractivity (Wildman–Crippen MR) is 65.3 cm³/mol. The number of hydrogen-bond donors (Lipinski definition) is 1. The Morgan fingerprint density at radius 1 is 1.47 bits per heavy atom. The first-order valence-corrected chi connectivity index (χ1v) is 5.65. The van der Waals surface area contributed by atoms with Crippen LogP contribution in [0.15, 0.2) is 16.9 Å². The normalized spacial score (nSPS) is 11.5. The van der Waals surface area contributed by atoms with E-state index in [9.17, 15) is 0 Å². The first kappa shape index (κ1) is 12.5. The van der Waals surface area contributed by atoms with Gasteiger partial charge >= 0.3 is 0 Å². The van der Waals surface area contributed by atoms with Crippen molar-refractivity contribution in [2.45, 2.75) is 25.8 Å². The highest BCUT2D eigenvalue weighted by atomic mass is 79.9. The van der Waals surface area contributed by atoms with E-state index >= 15 is 0 Å². The molecule has 0 bridgehead atoms. The van der Waals surface area contributed by atoms with Gasteiger partial charge in [0.15, 0.2) is 0 Å². The van der Waals surface area contributed by atoms with Crippen LogP contribution in [0.3, 0.4) is 0 Å². The third-order valence-electron chi connectivity index (χ3n) is 2.48. The van der Waals surface area contributed by atoms with Crippen molar-refractivity contribution in [1.29, 1.82) is 0 Å². The van der Waals surface area contributed by atoms with Crippen molar-refractivity contribution in [1.82, 2.24) is 10.3 Å². The van der Waals surface area contributed by atoms with E-state index in [0.29, 0.717) is 0 Å². The van der Waals surface area contributed by atoms with Crippen LogP contribution in [0.2, 0.25) is 0 Å². The molecule has 1 heterocycles. The topological polar surface area (TPSA) is 34.2 Å². The second kappa shape index (κ2) is 4.94. The average molecular weight is 273 g/mol. The lowest BCUT2D eigenvalue weighted by Gasteiger charge is -2.25. The fourth-order valence-electron chi connectivity index (χ4n) is 1.32. The molecule has 0 aliphatic carbocycles. The van der Waals surface area contributed by atoms with Crippen molar-refractivity contribution < 1.29 is 4.74 Å². The molecule has 4 heteroatoms. The highest BCUT2D eigenvalue weighted by molar-refractivity contribution is 9.10. The Kier molecular flexibility index (Phi) is 4.11. The summed E-state index contributed by atoms with van der Waals surface area (Å²) in [5, 5.41) is 3.27. The fraction of sp³-hybridized carbons (Fsp3) is 0.545. The number of halogens is 1. The lowest BCUT2D eigenvalue weighted by molar-refractivity contribution is 0.384. The van der Waals surface area contributed by atoms with Crippen LogP contribution < -0.4 is 10.1 Å². The molecule has 0 aromatic carbocycles. The number of likely N-dealkylation sites (N-methyl/N-ethyl adjacent to an activating group) is 1. The van der Waals surface area contributed by atoms with Crippen LogP contribution in [0, 0.1) is 0 Å². The summed E-state index contributed by atoms with van der Waals surface area (Å²) in [4.78, 5) is 4.08. The minimum Gasteiger partial charge on any atom is -0.495 e. The number of nitrogens with zero attached hydrogens (tertiary/aromatic N) is 1. The summed E-state index contributed by atoms with van der Waals surface area (Å²) in [7, 11) is 3.63. The van der Waals surface area contributed by atoms with Crippen molar-refractivity contribution in [3.63, 3.8) is 0 Å². The fourth-order valence-corrected chi connectivity index (χ4v) is 1.78. The van der Waals surface area contributed by atoms with Crippen molar-refractivity contribution in [2.75, 3.05) is 14.2 Å². The number of ether oxygens (including phenoxy) is 1. The molecule has 0 spiro atoms. The lowest BCUT2D eigenvalue weighted by atomic mass is 9.95. The molecule has 15 heavy (non-hydrogen) atoms. The third-order valence-corrected chi connectivity index (χ3v) is 3.16. The number of rotatable bonds is 4. The van der Waals surface area contributed by atoms with Gasteiger partial charge in [-0.1, -0.05) is 0 Å². The second-order valence-corrected chi connectivity index (χ2v) is 4.97. The van der Waals surface area contributed by atoms with Crippen LogP contribution in [0.5, 0.6) is 5.75 Å². The van der Waals surface area contributed by atoms with Gasteiger partial charge in [-0.25, -0.2) is 0 Å². The molecule has 84 valence electrons. The van der Waals surface area contributed by atoms with Crippen molar-refractivity contribution >= 4 is 15.9 Å². The van der Waals surface area contributed by atoms with Crippen molar-refractivity contribution in [3.8, 4) is 5.75 Å². The molecule has 3 nitrogen and oxygen atoms in total. The summed E-state index contributed by atoms with van der Waals surface area (Å²) in [6, 6.07) is 0. The maximum absolute atomic E-state index is 5.30. The van der Waals surface area contributed by atoms with Gasteiger partial charge in [0.2, 0.25) is 0 Å². The zero-order chi connectivity index (χ0) is 11.5. The zero-order valence-electron chi connectivity index (χ0n) is 9.60. The molecule has 1 aromatic heterocycles. The van der Waals surface area contributed by atoms with Gasteiger partial charge in [0.25, 0.3) is 0 Å². The maximum Gasteiger partial charge on any atom is 0.141 e. The summed E-state index contributed by atoms with van der Waals surface area (Å²) in [5.74, 6) is 0.827. The van der Waals surface area contributed by atoms with E-state index in [1.807, 2.05) is 7.05 Å². The van der Waals surface area contributed by atoms with E-state index in [2.05, 4.69) is 40.1 Å². The molecule has 0 saturated heterocycles. The second-order valence-electron chi connectivity index (χ2n) is 4.11. The Morgan fingerprint density at radius 2 is 2.13 bits per heavy atom. The van der Waals surface area contributed by atoms with E-state index < -0.39 is 0 Å². The van der Waals surface area contributed by atoms with Crippen LogP contribution in [0.25, 0.3) is 0 Å². The quantitative estimate of drug-likeness (QED) is 0.914. The number of nitrogens with one attached hydrogen (secondary N) is 1. The van der Waals surface area contributed by atoms with Crippen LogP contribution in [0.1, 0.15) is 19.4 Å². The number of hydrogen-bond acceptors (Lipinski definition) is 3. The highest BCUT2D eigenvalue weighted by Gasteiger charge is 2.20. The Morgan fingerprint density at radius 3 is 2.67 bits per heavy atom. The van der Waals surface area contributed by atoms with E-state index in [1.54, 1.807) is 19.5 Å². The van der Waals surface area contributed by atoms with Crippen molar-refractivity contribution in [3.05, 3.63) is 22.4 Å². The molecule has 0 atom stereocenters. The predicted octanol–water partition coefficient (Wildman–Crippen LogP) is 2.39. The largest absolute Gasteiger partial charge is 0.495 e. The molecule has 0 amide bonds. The summed E-state index contributed by atoms with van der Waals surface area (Å²) >= 11 is 3.50. The average Bonchev–Trinajstić information content (AvgIpc) is 2.21. The van der Waals surface area contributed by atoms with E-state index in [-0.39, 0.29) is 5.54 Å². The SMILES string of the molecule is CNC(C)(C)Cc1c(Br)cncc1OC. The summed E-state index contributed by atoms with van der Waals surface area (Å²) < 4.78 is 6.29. The number of aromatic nitrogens is 1. The van der Waals surface area contributed by atoms with Gasteiger partial charge in [-0.05, 0) is 43.2 Å². The smallest absolute Gasteiger partial charge is 0.141 e. The third kappa shape index (κ3) is 3.18. The molecule has 0 fully saturated rings. The van der Waals surface area contributed by atoms with E-state index in [0.717, 1.165) is 22.2 Å². The first-order valence-electron chi connectivity index (χ1n) is 4.85. The van der Waals surface area contributed by atoms with Gasteiger partial charge in [-0.2, -0.15) is 0 Å². The van der Waals surface area contributed by atoms with Gasteiger partial charge in [0.05, 0.1) is 13.3 Å². The number of methoxy groups -OCH3 is 1. The standard InChI is InChI=1S/C11H17BrN2O/c1-11(2,13-3)5-8-9(12)6-14-7-10(8)15-4/h6-7,13H,5H2,1-4H3. The molecule has 1 aromatic rings. The van der Waals surface area contributed by atoms with Gasteiger partial charge in [0, 0.05) is 21.8 Å². The zero-order valence-corrected chi connectivity index (χ0v) is 11.2. The molecular weight excluding hydrogens is 256 g/mol. The lowest BCUT2D eigenvalue weighted by Crippen LogP contribution is -2.38. The molecule has 0 aliphatic rings. The van der Waals surface area contributed by atoms with Crippen LogP contribution >= 0.6 is 15.9 Å². The van der Waals surface area contributed by atoms with E-state index in [1.165, 1.54) is 0 Å².